The highest BCUT2D eigenvalue weighted by Crippen LogP contribution is 2.33. The van der Waals surface area contributed by atoms with Crippen molar-refractivity contribution in [3.63, 3.8) is 0 Å². The molecule has 2 rings (SSSR count). The van der Waals surface area contributed by atoms with Gasteiger partial charge in [-0.05, 0) is 18.2 Å². The van der Waals surface area contributed by atoms with Crippen molar-refractivity contribution < 1.29 is 9.84 Å². The Morgan fingerprint density at radius 1 is 1.50 bits per heavy atom. The molecule has 2 N–H and O–H groups in total. The van der Waals surface area contributed by atoms with Gasteiger partial charge >= 0.3 is 0 Å². The van der Waals surface area contributed by atoms with E-state index in [2.05, 4.69) is 21.2 Å². The first-order valence-electron chi connectivity index (χ1n) is 4.43. The number of ether oxygens (including phenoxy) is 1. The summed E-state index contributed by atoms with van der Waals surface area (Å²) in [5, 5.41) is 13.2. The molecule has 3 nitrogen and oxygen atoms in total. The number of halogens is 1. The SMILES string of the molecule is COc1ccc(Br)c(C2(O)CNC2)c1. The minimum absolute atomic E-state index is 0.596. The molecular weight excluding hydrogens is 246 g/mol. The molecule has 0 bridgehead atoms. The van der Waals surface area contributed by atoms with Crippen LogP contribution in [0.3, 0.4) is 0 Å². The maximum Gasteiger partial charge on any atom is 0.119 e. The average molecular weight is 258 g/mol. The highest BCUT2D eigenvalue weighted by Gasteiger charge is 2.37. The zero-order valence-corrected chi connectivity index (χ0v) is 9.47. The molecule has 0 radical (unpaired) electrons. The third-order valence-corrected chi connectivity index (χ3v) is 3.20. The van der Waals surface area contributed by atoms with E-state index in [1.165, 1.54) is 0 Å². The van der Waals surface area contributed by atoms with Crippen LogP contribution >= 0.6 is 15.9 Å². The fourth-order valence-electron chi connectivity index (χ4n) is 1.54. The second-order valence-corrected chi connectivity index (χ2v) is 4.34. The summed E-state index contributed by atoms with van der Waals surface area (Å²) in [4.78, 5) is 0. The molecule has 1 heterocycles. The van der Waals surface area contributed by atoms with Crippen LogP contribution < -0.4 is 10.1 Å². The van der Waals surface area contributed by atoms with Crippen molar-refractivity contribution in [1.29, 1.82) is 0 Å². The van der Waals surface area contributed by atoms with E-state index in [4.69, 9.17) is 4.74 Å². The van der Waals surface area contributed by atoms with Gasteiger partial charge in [0.1, 0.15) is 11.4 Å². The Kier molecular flexibility index (Phi) is 2.51. The lowest BCUT2D eigenvalue weighted by Crippen LogP contribution is -2.56. The van der Waals surface area contributed by atoms with Gasteiger partial charge in [0.25, 0.3) is 0 Å². The Morgan fingerprint density at radius 3 is 2.71 bits per heavy atom. The van der Waals surface area contributed by atoms with E-state index in [1.54, 1.807) is 7.11 Å². The zero-order chi connectivity index (χ0) is 10.2. The Labute approximate surface area is 91.2 Å². The standard InChI is InChI=1S/C10H12BrNO2/c1-14-7-2-3-9(11)8(4-7)10(13)5-12-6-10/h2-4,12-13H,5-6H2,1H3. The van der Waals surface area contributed by atoms with Crippen molar-refractivity contribution in [2.75, 3.05) is 20.2 Å². The minimum atomic E-state index is -0.743. The summed E-state index contributed by atoms with van der Waals surface area (Å²) in [5.41, 5.74) is 0.142. The summed E-state index contributed by atoms with van der Waals surface area (Å²) in [7, 11) is 1.62. The number of hydrogen-bond acceptors (Lipinski definition) is 3. The molecule has 0 unspecified atom stereocenters. The third-order valence-electron chi connectivity index (χ3n) is 2.51. The maximum atomic E-state index is 10.1. The second-order valence-electron chi connectivity index (χ2n) is 3.48. The summed E-state index contributed by atoms with van der Waals surface area (Å²) < 4.78 is 6.04. The maximum absolute atomic E-state index is 10.1. The number of β-amino-alcohol motifs (C(OH)–C–C–N with tert-alkyl or cyclic N) is 1. The van der Waals surface area contributed by atoms with E-state index in [9.17, 15) is 5.11 Å². The number of methoxy groups -OCH3 is 1. The van der Waals surface area contributed by atoms with Gasteiger partial charge in [-0.2, -0.15) is 0 Å². The number of benzene rings is 1. The van der Waals surface area contributed by atoms with Crippen molar-refractivity contribution in [2.45, 2.75) is 5.60 Å². The lowest BCUT2D eigenvalue weighted by Gasteiger charge is -2.38. The number of aliphatic hydroxyl groups is 1. The first-order valence-corrected chi connectivity index (χ1v) is 5.22. The molecular formula is C10H12BrNO2. The van der Waals surface area contributed by atoms with E-state index < -0.39 is 5.60 Å². The predicted octanol–water partition coefficient (Wildman–Crippen LogP) is 1.25. The summed E-state index contributed by atoms with van der Waals surface area (Å²) in [5.74, 6) is 0.767. The van der Waals surface area contributed by atoms with Crippen LogP contribution in [0.5, 0.6) is 5.75 Å². The second kappa shape index (κ2) is 3.53. The highest BCUT2D eigenvalue weighted by atomic mass is 79.9. The molecule has 1 aromatic carbocycles. The van der Waals surface area contributed by atoms with Gasteiger partial charge in [-0.15, -0.1) is 0 Å². The molecule has 1 aliphatic rings. The monoisotopic (exact) mass is 257 g/mol. The van der Waals surface area contributed by atoms with Crippen LogP contribution in [0.25, 0.3) is 0 Å². The lowest BCUT2D eigenvalue weighted by molar-refractivity contribution is -0.0154. The smallest absolute Gasteiger partial charge is 0.119 e. The van der Waals surface area contributed by atoms with Crippen LogP contribution in [0, 0.1) is 0 Å². The molecule has 0 aromatic heterocycles. The van der Waals surface area contributed by atoms with Gasteiger partial charge in [0, 0.05) is 23.1 Å². The van der Waals surface area contributed by atoms with Gasteiger partial charge < -0.3 is 15.2 Å². The molecule has 76 valence electrons. The van der Waals surface area contributed by atoms with E-state index >= 15 is 0 Å². The number of rotatable bonds is 2. The molecule has 4 heteroatoms. The Hall–Kier alpha value is -0.580. The first-order chi connectivity index (χ1) is 6.65. The Morgan fingerprint density at radius 2 is 2.21 bits per heavy atom. The third kappa shape index (κ3) is 1.54. The van der Waals surface area contributed by atoms with Gasteiger partial charge in [0.15, 0.2) is 0 Å². The van der Waals surface area contributed by atoms with Crippen LogP contribution in [-0.2, 0) is 5.60 Å². The van der Waals surface area contributed by atoms with Gasteiger partial charge in [-0.3, -0.25) is 0 Å². The molecule has 1 fully saturated rings. The van der Waals surface area contributed by atoms with Gasteiger partial charge in [0.2, 0.25) is 0 Å². The van der Waals surface area contributed by atoms with Crippen LogP contribution in [0.15, 0.2) is 22.7 Å². The topological polar surface area (TPSA) is 41.5 Å². The van der Waals surface area contributed by atoms with Crippen molar-refractivity contribution >= 4 is 15.9 Å². The molecule has 14 heavy (non-hydrogen) atoms. The molecule has 0 saturated carbocycles. The number of nitrogens with one attached hydrogen (secondary N) is 1. The van der Waals surface area contributed by atoms with Crippen molar-refractivity contribution in [1.82, 2.24) is 5.32 Å². The molecule has 1 saturated heterocycles. The van der Waals surface area contributed by atoms with Crippen LogP contribution in [0.2, 0.25) is 0 Å². The largest absolute Gasteiger partial charge is 0.497 e. The summed E-state index contributed by atoms with van der Waals surface area (Å²) in [6, 6.07) is 5.62. The normalized spacial score (nSPS) is 18.8. The Bertz CT molecular complexity index is 350. The molecule has 0 atom stereocenters. The summed E-state index contributed by atoms with van der Waals surface area (Å²) >= 11 is 3.43. The molecule has 1 aliphatic heterocycles. The first kappa shape index (κ1) is 9.96. The predicted molar refractivity (Wildman–Crippen MR) is 57.5 cm³/mol. The minimum Gasteiger partial charge on any atom is -0.497 e. The van der Waals surface area contributed by atoms with Crippen molar-refractivity contribution in [3.8, 4) is 5.75 Å². The van der Waals surface area contributed by atoms with E-state index in [0.717, 1.165) is 15.8 Å². The molecule has 1 aromatic rings. The van der Waals surface area contributed by atoms with Crippen molar-refractivity contribution in [2.24, 2.45) is 0 Å². The fourth-order valence-corrected chi connectivity index (χ4v) is 2.16. The Balaban J connectivity index is 2.40. The van der Waals surface area contributed by atoms with Crippen LogP contribution in [-0.4, -0.2) is 25.3 Å². The van der Waals surface area contributed by atoms with Crippen LogP contribution in [0.1, 0.15) is 5.56 Å². The quantitative estimate of drug-likeness (QED) is 0.838. The van der Waals surface area contributed by atoms with Gasteiger partial charge in [-0.1, -0.05) is 15.9 Å². The molecule has 0 aliphatic carbocycles. The van der Waals surface area contributed by atoms with Gasteiger partial charge in [0.05, 0.1) is 7.11 Å². The summed E-state index contributed by atoms with van der Waals surface area (Å²) in [6.07, 6.45) is 0. The molecule has 0 spiro atoms. The van der Waals surface area contributed by atoms with E-state index in [1.807, 2.05) is 18.2 Å². The highest BCUT2D eigenvalue weighted by molar-refractivity contribution is 9.10. The molecule has 0 amide bonds. The average Bonchev–Trinajstić information content (AvgIpc) is 2.15. The fraction of sp³-hybridized carbons (Fsp3) is 0.400. The van der Waals surface area contributed by atoms with Crippen LogP contribution in [0.4, 0.5) is 0 Å². The zero-order valence-electron chi connectivity index (χ0n) is 7.88. The van der Waals surface area contributed by atoms with E-state index in [-0.39, 0.29) is 0 Å². The summed E-state index contributed by atoms with van der Waals surface area (Å²) in [6.45, 7) is 1.19. The lowest BCUT2D eigenvalue weighted by atomic mass is 9.88. The van der Waals surface area contributed by atoms with Crippen molar-refractivity contribution in [3.05, 3.63) is 28.2 Å². The van der Waals surface area contributed by atoms with Gasteiger partial charge in [-0.25, -0.2) is 0 Å². The van der Waals surface area contributed by atoms with E-state index in [0.29, 0.717) is 13.1 Å². The number of hydrogen-bond donors (Lipinski definition) is 2.